The van der Waals surface area contributed by atoms with Crippen LogP contribution in [0.4, 0.5) is 0 Å². The predicted octanol–water partition coefficient (Wildman–Crippen LogP) is 3.40. The van der Waals surface area contributed by atoms with E-state index in [0.717, 1.165) is 55.8 Å². The number of likely N-dealkylation sites (tertiary alicyclic amines) is 1. The molecule has 0 bridgehead atoms. The zero-order valence-corrected chi connectivity index (χ0v) is 13.9. The van der Waals surface area contributed by atoms with Gasteiger partial charge in [-0.05, 0) is 69.8 Å². The molecule has 0 spiro atoms. The van der Waals surface area contributed by atoms with Crippen LogP contribution in [-0.4, -0.2) is 36.8 Å². The number of hydrogen-bond acceptors (Lipinski definition) is 3. The molecule has 3 heteroatoms. The molecule has 0 radical (unpaired) electrons. The molecular formula is C18H29NO2. The lowest BCUT2D eigenvalue weighted by molar-refractivity contribution is 0.0184. The molecule has 1 fully saturated rings. The quantitative estimate of drug-likeness (QED) is 0.923. The topological polar surface area (TPSA) is 32.7 Å². The van der Waals surface area contributed by atoms with Gasteiger partial charge in [-0.3, -0.25) is 0 Å². The summed E-state index contributed by atoms with van der Waals surface area (Å²) >= 11 is 0. The molecule has 1 aliphatic heterocycles. The third-order valence-corrected chi connectivity index (χ3v) is 4.58. The van der Waals surface area contributed by atoms with E-state index in [4.69, 9.17) is 4.74 Å². The Morgan fingerprint density at radius 2 is 2.00 bits per heavy atom. The highest BCUT2D eigenvalue weighted by Gasteiger charge is 2.35. The second-order valence-electron chi connectivity index (χ2n) is 6.39. The van der Waals surface area contributed by atoms with Crippen molar-refractivity contribution in [3.05, 3.63) is 28.8 Å². The number of ether oxygens (including phenoxy) is 1. The fourth-order valence-corrected chi connectivity index (χ4v) is 3.65. The summed E-state index contributed by atoms with van der Waals surface area (Å²) in [4.78, 5) is 2.47. The van der Waals surface area contributed by atoms with Gasteiger partial charge in [0.2, 0.25) is 0 Å². The van der Waals surface area contributed by atoms with Crippen LogP contribution in [0, 0.1) is 13.8 Å². The number of aliphatic hydroxyl groups is 1. The van der Waals surface area contributed by atoms with E-state index in [1.165, 1.54) is 12.0 Å². The molecule has 2 rings (SSSR count). The van der Waals surface area contributed by atoms with E-state index in [2.05, 4.69) is 31.7 Å². The maximum atomic E-state index is 11.3. The van der Waals surface area contributed by atoms with Crippen molar-refractivity contribution in [3.8, 4) is 5.75 Å². The van der Waals surface area contributed by atoms with Crippen LogP contribution in [0.2, 0.25) is 0 Å². The lowest BCUT2D eigenvalue weighted by Gasteiger charge is -2.31. The molecule has 1 atom stereocenters. The van der Waals surface area contributed by atoms with E-state index in [9.17, 15) is 5.11 Å². The summed E-state index contributed by atoms with van der Waals surface area (Å²) < 4.78 is 5.57. The van der Waals surface area contributed by atoms with Gasteiger partial charge in [0.15, 0.2) is 0 Å². The maximum absolute atomic E-state index is 11.3. The van der Waals surface area contributed by atoms with Crippen LogP contribution >= 0.6 is 0 Å². The molecule has 1 N–H and O–H groups in total. The van der Waals surface area contributed by atoms with Gasteiger partial charge in [-0.25, -0.2) is 0 Å². The standard InChI is InChI=1S/C18H29NO2/c1-5-9-19-10-6-7-18(20,8-11-19)17-15(3)12-14(2)13-16(17)21-4/h12-13,20H,5-11H2,1-4H3. The van der Waals surface area contributed by atoms with Gasteiger partial charge in [0.25, 0.3) is 0 Å². The first-order valence-electron chi connectivity index (χ1n) is 8.10. The van der Waals surface area contributed by atoms with Crippen LogP contribution < -0.4 is 4.74 Å². The molecule has 0 aromatic heterocycles. The van der Waals surface area contributed by atoms with Gasteiger partial charge in [-0.2, -0.15) is 0 Å². The Labute approximate surface area is 128 Å². The largest absolute Gasteiger partial charge is 0.496 e. The van der Waals surface area contributed by atoms with Gasteiger partial charge in [0, 0.05) is 12.1 Å². The molecule has 118 valence electrons. The van der Waals surface area contributed by atoms with Crippen molar-refractivity contribution in [2.75, 3.05) is 26.7 Å². The van der Waals surface area contributed by atoms with Gasteiger partial charge < -0.3 is 14.7 Å². The predicted molar refractivity (Wildman–Crippen MR) is 86.9 cm³/mol. The van der Waals surface area contributed by atoms with E-state index >= 15 is 0 Å². The van der Waals surface area contributed by atoms with Gasteiger partial charge in [0.05, 0.1) is 12.7 Å². The molecule has 21 heavy (non-hydrogen) atoms. The average Bonchev–Trinajstić information content (AvgIpc) is 2.61. The second-order valence-corrected chi connectivity index (χ2v) is 6.39. The fraction of sp³-hybridized carbons (Fsp3) is 0.667. The summed E-state index contributed by atoms with van der Waals surface area (Å²) in [6.07, 6.45) is 3.80. The van der Waals surface area contributed by atoms with E-state index < -0.39 is 5.60 Å². The Hall–Kier alpha value is -1.06. The highest BCUT2D eigenvalue weighted by molar-refractivity contribution is 5.46. The van der Waals surface area contributed by atoms with Crippen LogP contribution in [0.3, 0.4) is 0 Å². The van der Waals surface area contributed by atoms with Gasteiger partial charge in [-0.1, -0.05) is 13.0 Å². The number of nitrogens with zero attached hydrogens (tertiary/aromatic N) is 1. The number of benzene rings is 1. The van der Waals surface area contributed by atoms with Gasteiger partial charge >= 0.3 is 0 Å². The minimum absolute atomic E-state index is 0.758. The fourth-order valence-electron chi connectivity index (χ4n) is 3.65. The Balaban J connectivity index is 2.31. The van der Waals surface area contributed by atoms with Crippen molar-refractivity contribution in [1.29, 1.82) is 0 Å². The molecule has 1 saturated heterocycles. The molecule has 1 heterocycles. The summed E-state index contributed by atoms with van der Waals surface area (Å²) in [5.74, 6) is 0.832. The first-order valence-corrected chi connectivity index (χ1v) is 8.10. The third kappa shape index (κ3) is 3.58. The van der Waals surface area contributed by atoms with Crippen molar-refractivity contribution in [1.82, 2.24) is 4.90 Å². The average molecular weight is 291 g/mol. The van der Waals surface area contributed by atoms with Crippen LogP contribution in [0.5, 0.6) is 5.75 Å². The monoisotopic (exact) mass is 291 g/mol. The molecule has 0 amide bonds. The van der Waals surface area contributed by atoms with Crippen LogP contribution in [-0.2, 0) is 5.60 Å². The summed E-state index contributed by atoms with van der Waals surface area (Å²) in [6.45, 7) is 9.53. The molecule has 0 saturated carbocycles. The zero-order valence-electron chi connectivity index (χ0n) is 13.9. The third-order valence-electron chi connectivity index (χ3n) is 4.58. The van der Waals surface area contributed by atoms with Crippen molar-refractivity contribution < 1.29 is 9.84 Å². The Bertz CT molecular complexity index is 486. The number of aryl methyl sites for hydroxylation is 2. The molecular weight excluding hydrogens is 262 g/mol. The maximum Gasteiger partial charge on any atom is 0.125 e. The number of methoxy groups -OCH3 is 1. The van der Waals surface area contributed by atoms with Crippen molar-refractivity contribution in [2.45, 2.75) is 52.1 Å². The normalized spacial score (nSPS) is 23.9. The first-order chi connectivity index (χ1) is 10.00. The lowest BCUT2D eigenvalue weighted by Crippen LogP contribution is -2.30. The Morgan fingerprint density at radius 1 is 1.24 bits per heavy atom. The van der Waals surface area contributed by atoms with E-state index in [1.807, 2.05) is 6.07 Å². The van der Waals surface area contributed by atoms with E-state index in [0.29, 0.717) is 0 Å². The molecule has 1 aromatic carbocycles. The SMILES string of the molecule is CCCN1CCCC(O)(c2c(C)cc(C)cc2OC)CC1. The number of hydrogen-bond donors (Lipinski definition) is 1. The number of rotatable bonds is 4. The highest BCUT2D eigenvalue weighted by atomic mass is 16.5. The highest BCUT2D eigenvalue weighted by Crippen LogP contribution is 2.40. The molecule has 1 aliphatic rings. The molecule has 3 nitrogen and oxygen atoms in total. The smallest absolute Gasteiger partial charge is 0.125 e. The summed E-state index contributed by atoms with van der Waals surface area (Å²) in [5, 5.41) is 11.3. The zero-order chi connectivity index (χ0) is 15.5. The van der Waals surface area contributed by atoms with Crippen LogP contribution in [0.1, 0.15) is 49.3 Å². The first kappa shape index (κ1) is 16.3. The van der Waals surface area contributed by atoms with Crippen molar-refractivity contribution in [2.24, 2.45) is 0 Å². The summed E-state index contributed by atoms with van der Waals surface area (Å²) in [6, 6.07) is 4.18. The van der Waals surface area contributed by atoms with Crippen LogP contribution in [0.25, 0.3) is 0 Å². The Morgan fingerprint density at radius 3 is 2.67 bits per heavy atom. The van der Waals surface area contributed by atoms with Crippen molar-refractivity contribution in [3.63, 3.8) is 0 Å². The minimum atomic E-state index is -0.758. The minimum Gasteiger partial charge on any atom is -0.496 e. The summed E-state index contributed by atoms with van der Waals surface area (Å²) in [5.41, 5.74) is 2.55. The van der Waals surface area contributed by atoms with Gasteiger partial charge in [0.1, 0.15) is 5.75 Å². The van der Waals surface area contributed by atoms with E-state index in [1.54, 1.807) is 7.11 Å². The molecule has 1 unspecified atom stereocenters. The molecule has 0 aliphatic carbocycles. The summed E-state index contributed by atoms with van der Waals surface area (Å²) in [7, 11) is 1.70. The van der Waals surface area contributed by atoms with Crippen LogP contribution in [0.15, 0.2) is 12.1 Å². The Kier molecular flexibility index (Phi) is 5.28. The lowest BCUT2D eigenvalue weighted by atomic mass is 9.83. The van der Waals surface area contributed by atoms with Gasteiger partial charge in [-0.15, -0.1) is 0 Å². The second kappa shape index (κ2) is 6.80. The van der Waals surface area contributed by atoms with E-state index in [-0.39, 0.29) is 0 Å². The molecule has 1 aromatic rings. The van der Waals surface area contributed by atoms with Crippen molar-refractivity contribution >= 4 is 0 Å².